The molecule has 1 amide bonds. The van der Waals surface area contributed by atoms with Crippen molar-refractivity contribution >= 4 is 27.9 Å². The highest BCUT2D eigenvalue weighted by Gasteiger charge is 2.22. The number of carbonyl (C=O) groups is 1. The summed E-state index contributed by atoms with van der Waals surface area (Å²) in [6, 6.07) is 15.2. The maximum Gasteiger partial charge on any atom is 0.265 e. The maximum absolute atomic E-state index is 12.9. The van der Waals surface area contributed by atoms with Crippen molar-refractivity contribution in [1.29, 1.82) is 0 Å². The molecule has 1 aliphatic rings. The van der Waals surface area contributed by atoms with E-state index >= 15 is 0 Å². The van der Waals surface area contributed by atoms with Gasteiger partial charge in [0.1, 0.15) is 0 Å². The summed E-state index contributed by atoms with van der Waals surface area (Å²) in [6.45, 7) is 5.44. The topological polar surface area (TPSA) is 63.6 Å². The highest BCUT2D eigenvalue weighted by Crippen LogP contribution is 2.39. The van der Waals surface area contributed by atoms with E-state index in [2.05, 4.69) is 22.3 Å². The van der Waals surface area contributed by atoms with Crippen LogP contribution in [0.1, 0.15) is 16.6 Å². The number of rotatable bonds is 5. The zero-order chi connectivity index (χ0) is 20.2. The number of amides is 1. The van der Waals surface area contributed by atoms with Crippen LogP contribution in [-0.4, -0.2) is 36.8 Å². The molecule has 0 aliphatic carbocycles. The van der Waals surface area contributed by atoms with Crippen molar-refractivity contribution in [3.63, 3.8) is 0 Å². The fourth-order valence-electron chi connectivity index (χ4n) is 3.36. The van der Waals surface area contributed by atoms with E-state index in [4.69, 9.17) is 4.74 Å². The molecule has 3 heterocycles. The number of benzene rings is 1. The minimum absolute atomic E-state index is 0.0809. The van der Waals surface area contributed by atoms with Crippen LogP contribution in [0.5, 0.6) is 0 Å². The van der Waals surface area contributed by atoms with Crippen molar-refractivity contribution in [1.82, 2.24) is 4.57 Å². The zero-order valence-corrected chi connectivity index (χ0v) is 17.1. The molecule has 150 valence electrons. The quantitative estimate of drug-likeness (QED) is 0.698. The van der Waals surface area contributed by atoms with Crippen LogP contribution in [0.4, 0.5) is 10.7 Å². The first-order chi connectivity index (χ1) is 14.2. The maximum atomic E-state index is 12.9. The lowest BCUT2D eigenvalue weighted by Gasteiger charge is -2.28. The summed E-state index contributed by atoms with van der Waals surface area (Å²) >= 11 is 1.49. The van der Waals surface area contributed by atoms with Gasteiger partial charge in [0.05, 0.1) is 28.8 Å². The first-order valence-electron chi connectivity index (χ1n) is 9.69. The van der Waals surface area contributed by atoms with Crippen LogP contribution in [0.2, 0.25) is 0 Å². The minimum Gasteiger partial charge on any atom is -0.378 e. The van der Waals surface area contributed by atoms with Gasteiger partial charge in [-0.05, 0) is 24.6 Å². The van der Waals surface area contributed by atoms with E-state index in [-0.39, 0.29) is 11.5 Å². The van der Waals surface area contributed by atoms with Crippen molar-refractivity contribution < 1.29 is 9.53 Å². The van der Waals surface area contributed by atoms with Gasteiger partial charge in [-0.2, -0.15) is 0 Å². The molecule has 0 unspecified atom stereocenters. The van der Waals surface area contributed by atoms with E-state index in [0.717, 1.165) is 29.2 Å². The summed E-state index contributed by atoms with van der Waals surface area (Å²) in [6.07, 6.45) is 1.68. The Bertz CT molecular complexity index is 1050. The van der Waals surface area contributed by atoms with Gasteiger partial charge in [-0.25, -0.2) is 0 Å². The van der Waals surface area contributed by atoms with E-state index in [0.29, 0.717) is 30.3 Å². The number of morpholine rings is 1. The molecule has 0 spiro atoms. The second-order valence-electron chi connectivity index (χ2n) is 6.79. The van der Waals surface area contributed by atoms with Gasteiger partial charge in [0.15, 0.2) is 0 Å². The Balaban J connectivity index is 1.65. The molecule has 3 aromatic rings. The van der Waals surface area contributed by atoms with Crippen molar-refractivity contribution in [2.45, 2.75) is 13.5 Å². The molecule has 1 aliphatic heterocycles. The molecule has 1 N–H and O–H groups in total. The lowest BCUT2D eigenvalue weighted by molar-refractivity contribution is 0.103. The van der Waals surface area contributed by atoms with Crippen LogP contribution >= 0.6 is 11.3 Å². The number of hydrogen-bond acceptors (Lipinski definition) is 5. The number of thiophene rings is 1. The van der Waals surface area contributed by atoms with Gasteiger partial charge in [0.25, 0.3) is 11.5 Å². The average molecular weight is 410 g/mol. The van der Waals surface area contributed by atoms with Gasteiger partial charge in [-0.15, -0.1) is 11.3 Å². The first-order valence-corrected chi connectivity index (χ1v) is 10.5. The van der Waals surface area contributed by atoms with Gasteiger partial charge in [0.2, 0.25) is 0 Å². The van der Waals surface area contributed by atoms with Crippen LogP contribution in [0.15, 0.2) is 59.5 Å². The predicted octanol–water partition coefficient (Wildman–Crippen LogP) is 3.69. The lowest BCUT2D eigenvalue weighted by Crippen LogP contribution is -2.35. The van der Waals surface area contributed by atoms with E-state index < -0.39 is 0 Å². The van der Waals surface area contributed by atoms with Crippen LogP contribution in [-0.2, 0) is 11.3 Å². The molecule has 1 aromatic carbocycles. The Morgan fingerprint density at radius 1 is 1.14 bits per heavy atom. The minimum atomic E-state index is -0.173. The molecule has 4 rings (SSSR count). The zero-order valence-electron chi connectivity index (χ0n) is 16.3. The molecule has 7 heteroatoms. The molecule has 1 saturated heterocycles. The number of carbonyl (C=O) groups excluding carboxylic acids is 1. The number of ether oxygens (including phenoxy) is 1. The number of anilines is 2. The largest absolute Gasteiger partial charge is 0.378 e. The number of hydrogen-bond donors (Lipinski definition) is 1. The molecule has 1 fully saturated rings. The molecule has 2 aromatic heterocycles. The predicted molar refractivity (Wildman–Crippen MR) is 117 cm³/mol. The van der Waals surface area contributed by atoms with Crippen LogP contribution in [0.25, 0.3) is 11.1 Å². The number of pyridine rings is 1. The fraction of sp³-hybridized carbons (Fsp3) is 0.273. The SMILES string of the molecule is CCn1cc(NC(=O)c2cc(-c3ccccc3)c(N3CCOCC3)s2)ccc1=O. The summed E-state index contributed by atoms with van der Waals surface area (Å²) in [5, 5.41) is 4.01. The summed E-state index contributed by atoms with van der Waals surface area (Å²) in [5.41, 5.74) is 2.67. The van der Waals surface area contributed by atoms with E-state index in [1.54, 1.807) is 16.8 Å². The monoisotopic (exact) mass is 409 g/mol. The molecule has 0 radical (unpaired) electrons. The summed E-state index contributed by atoms with van der Waals surface area (Å²) in [4.78, 5) is 27.6. The lowest BCUT2D eigenvalue weighted by atomic mass is 10.1. The van der Waals surface area contributed by atoms with Gasteiger partial charge in [-0.1, -0.05) is 30.3 Å². The fourth-order valence-corrected chi connectivity index (χ4v) is 4.49. The third-order valence-electron chi connectivity index (χ3n) is 4.90. The standard InChI is InChI=1S/C22H23N3O3S/c1-2-24-15-17(8-9-20(24)26)23-21(27)19-14-18(16-6-4-3-5-7-16)22(29-19)25-10-12-28-13-11-25/h3-9,14-15H,2,10-13H2,1H3,(H,23,27). The number of nitrogens with zero attached hydrogens (tertiary/aromatic N) is 2. The van der Waals surface area contributed by atoms with Gasteiger partial charge in [-0.3, -0.25) is 9.59 Å². The van der Waals surface area contributed by atoms with Crippen LogP contribution < -0.4 is 15.8 Å². The van der Waals surface area contributed by atoms with E-state index in [9.17, 15) is 9.59 Å². The summed E-state index contributed by atoms with van der Waals surface area (Å²) < 4.78 is 7.06. The number of aryl methyl sites for hydroxylation is 1. The molecular formula is C22H23N3O3S. The Kier molecular flexibility index (Phi) is 5.78. The smallest absolute Gasteiger partial charge is 0.265 e. The third-order valence-corrected chi connectivity index (χ3v) is 6.10. The van der Waals surface area contributed by atoms with E-state index in [1.807, 2.05) is 31.2 Å². The number of aromatic nitrogens is 1. The highest BCUT2D eigenvalue weighted by molar-refractivity contribution is 7.18. The van der Waals surface area contributed by atoms with Crippen LogP contribution in [0.3, 0.4) is 0 Å². The molecule has 6 nitrogen and oxygen atoms in total. The number of nitrogens with one attached hydrogen (secondary N) is 1. The summed E-state index contributed by atoms with van der Waals surface area (Å²) in [7, 11) is 0. The second-order valence-corrected chi connectivity index (χ2v) is 7.82. The van der Waals surface area contributed by atoms with Crippen LogP contribution in [0, 0.1) is 0 Å². The van der Waals surface area contributed by atoms with Crippen molar-refractivity contribution in [2.75, 3.05) is 36.5 Å². The highest BCUT2D eigenvalue weighted by atomic mass is 32.1. The van der Waals surface area contributed by atoms with E-state index in [1.165, 1.54) is 17.4 Å². The molecule has 0 atom stereocenters. The normalized spacial score (nSPS) is 14.0. The van der Waals surface area contributed by atoms with Gasteiger partial charge in [0, 0.05) is 37.5 Å². The Morgan fingerprint density at radius 2 is 1.90 bits per heavy atom. The van der Waals surface area contributed by atoms with Gasteiger partial charge >= 0.3 is 0 Å². The Hall–Kier alpha value is -2.90. The molecule has 29 heavy (non-hydrogen) atoms. The molecular weight excluding hydrogens is 386 g/mol. The molecule has 0 saturated carbocycles. The van der Waals surface area contributed by atoms with Gasteiger partial charge < -0.3 is 19.5 Å². The summed E-state index contributed by atoms with van der Waals surface area (Å²) in [5.74, 6) is -0.173. The third kappa shape index (κ3) is 4.26. The Labute approximate surface area is 173 Å². The van der Waals surface area contributed by atoms with Crippen molar-refractivity contribution in [2.24, 2.45) is 0 Å². The molecule has 0 bridgehead atoms. The first kappa shape index (κ1) is 19.4. The second kappa shape index (κ2) is 8.63. The van der Waals surface area contributed by atoms with Crippen molar-refractivity contribution in [3.8, 4) is 11.1 Å². The average Bonchev–Trinajstić information content (AvgIpc) is 3.22. The Morgan fingerprint density at radius 3 is 2.62 bits per heavy atom. The van der Waals surface area contributed by atoms with Crippen molar-refractivity contribution in [3.05, 3.63) is 70.0 Å².